The van der Waals surface area contributed by atoms with Crippen molar-refractivity contribution in [3.63, 3.8) is 0 Å². The van der Waals surface area contributed by atoms with Gasteiger partial charge in [-0.1, -0.05) is 0 Å². The lowest BCUT2D eigenvalue weighted by atomic mass is 10.2. The molecule has 0 aromatic heterocycles. The minimum atomic E-state index is -0.460. The molecule has 6 nitrogen and oxygen atoms in total. The Morgan fingerprint density at radius 3 is 2.59 bits per heavy atom. The SMILES string of the molecule is CCN(CC(=O)N(C)C)C(=O)C1CNCCO1. The molecule has 17 heavy (non-hydrogen) atoms. The molecule has 0 aliphatic carbocycles. The first-order chi connectivity index (χ1) is 8.06. The van der Waals surface area contributed by atoms with Crippen LogP contribution in [0.2, 0.25) is 0 Å². The second-order valence-corrected chi connectivity index (χ2v) is 4.20. The third-order valence-corrected chi connectivity index (χ3v) is 2.72. The van der Waals surface area contributed by atoms with E-state index >= 15 is 0 Å². The van der Waals surface area contributed by atoms with Crippen LogP contribution < -0.4 is 5.32 Å². The topological polar surface area (TPSA) is 61.9 Å². The molecule has 1 atom stereocenters. The van der Waals surface area contributed by atoms with E-state index in [4.69, 9.17) is 4.74 Å². The molecule has 1 fully saturated rings. The van der Waals surface area contributed by atoms with Crippen LogP contribution in [-0.4, -0.2) is 74.6 Å². The highest BCUT2D eigenvalue weighted by Crippen LogP contribution is 2.03. The van der Waals surface area contributed by atoms with Gasteiger partial charge in [-0.05, 0) is 6.92 Å². The van der Waals surface area contributed by atoms with E-state index in [9.17, 15) is 9.59 Å². The molecule has 0 radical (unpaired) electrons. The second kappa shape index (κ2) is 6.56. The van der Waals surface area contributed by atoms with Crippen LogP contribution in [0, 0.1) is 0 Å². The van der Waals surface area contributed by atoms with E-state index in [0.717, 1.165) is 6.54 Å². The molecule has 1 unspecified atom stereocenters. The number of morpholine rings is 1. The van der Waals surface area contributed by atoms with Crippen LogP contribution in [0.5, 0.6) is 0 Å². The quantitative estimate of drug-likeness (QED) is 0.681. The van der Waals surface area contributed by atoms with Crippen molar-refractivity contribution in [3.8, 4) is 0 Å². The number of nitrogens with one attached hydrogen (secondary N) is 1. The van der Waals surface area contributed by atoms with Gasteiger partial charge in [-0.2, -0.15) is 0 Å². The van der Waals surface area contributed by atoms with Crippen molar-refractivity contribution in [2.24, 2.45) is 0 Å². The van der Waals surface area contributed by atoms with Crippen LogP contribution in [0.25, 0.3) is 0 Å². The standard InChI is InChI=1S/C11H21N3O3/c1-4-14(8-10(15)13(2)3)11(16)9-7-12-5-6-17-9/h9,12H,4-8H2,1-3H3. The smallest absolute Gasteiger partial charge is 0.253 e. The van der Waals surface area contributed by atoms with Gasteiger partial charge in [-0.25, -0.2) is 0 Å². The summed E-state index contributed by atoms with van der Waals surface area (Å²) in [6.45, 7) is 4.31. The fraction of sp³-hybridized carbons (Fsp3) is 0.818. The first-order valence-corrected chi connectivity index (χ1v) is 5.87. The van der Waals surface area contributed by atoms with E-state index in [-0.39, 0.29) is 18.4 Å². The molecule has 0 aromatic rings. The number of likely N-dealkylation sites (N-methyl/N-ethyl adjacent to an activating group) is 2. The van der Waals surface area contributed by atoms with Gasteiger partial charge in [0.15, 0.2) is 0 Å². The highest BCUT2D eigenvalue weighted by molar-refractivity contribution is 5.87. The van der Waals surface area contributed by atoms with E-state index in [1.165, 1.54) is 9.80 Å². The van der Waals surface area contributed by atoms with Crippen molar-refractivity contribution in [1.29, 1.82) is 0 Å². The van der Waals surface area contributed by atoms with Gasteiger partial charge in [0.05, 0.1) is 13.2 Å². The predicted octanol–water partition coefficient (Wildman–Crippen LogP) is -1.09. The minimum Gasteiger partial charge on any atom is -0.366 e. The highest BCUT2D eigenvalue weighted by atomic mass is 16.5. The van der Waals surface area contributed by atoms with Gasteiger partial charge < -0.3 is 19.9 Å². The molecule has 6 heteroatoms. The Morgan fingerprint density at radius 1 is 1.41 bits per heavy atom. The van der Waals surface area contributed by atoms with Gasteiger partial charge in [0.2, 0.25) is 5.91 Å². The molecule has 0 saturated carbocycles. The molecule has 1 aliphatic heterocycles. The van der Waals surface area contributed by atoms with Crippen molar-refractivity contribution in [3.05, 3.63) is 0 Å². The molecule has 0 aromatic carbocycles. The van der Waals surface area contributed by atoms with E-state index in [1.54, 1.807) is 14.1 Å². The largest absolute Gasteiger partial charge is 0.366 e. The van der Waals surface area contributed by atoms with Gasteiger partial charge in [0.25, 0.3) is 5.91 Å². The first kappa shape index (κ1) is 13.9. The number of rotatable bonds is 4. The summed E-state index contributed by atoms with van der Waals surface area (Å²) in [6.07, 6.45) is -0.460. The van der Waals surface area contributed by atoms with Crippen molar-refractivity contribution in [2.75, 3.05) is 46.9 Å². The monoisotopic (exact) mass is 243 g/mol. The molecule has 1 aliphatic rings. The highest BCUT2D eigenvalue weighted by Gasteiger charge is 2.27. The molecular formula is C11H21N3O3. The Bertz CT molecular complexity index is 275. The Morgan fingerprint density at radius 2 is 2.12 bits per heavy atom. The van der Waals surface area contributed by atoms with Gasteiger partial charge in [0, 0.05) is 33.7 Å². The Hall–Kier alpha value is -1.14. The zero-order valence-electron chi connectivity index (χ0n) is 10.7. The Labute approximate surface area is 102 Å². The molecule has 0 spiro atoms. The number of hydrogen-bond acceptors (Lipinski definition) is 4. The average Bonchev–Trinajstić information content (AvgIpc) is 2.35. The lowest BCUT2D eigenvalue weighted by molar-refractivity contribution is -0.148. The van der Waals surface area contributed by atoms with E-state index in [0.29, 0.717) is 19.7 Å². The zero-order valence-corrected chi connectivity index (χ0v) is 10.7. The summed E-state index contributed by atoms with van der Waals surface area (Å²) >= 11 is 0. The van der Waals surface area contributed by atoms with Gasteiger partial charge in [0.1, 0.15) is 6.10 Å². The summed E-state index contributed by atoms with van der Waals surface area (Å²) in [7, 11) is 3.36. The number of nitrogens with zero attached hydrogens (tertiary/aromatic N) is 2. The van der Waals surface area contributed by atoms with Crippen molar-refractivity contribution < 1.29 is 14.3 Å². The summed E-state index contributed by atoms with van der Waals surface area (Å²) < 4.78 is 5.39. The van der Waals surface area contributed by atoms with Crippen LogP contribution in [0.1, 0.15) is 6.92 Å². The van der Waals surface area contributed by atoms with Crippen LogP contribution in [0.15, 0.2) is 0 Å². The lowest BCUT2D eigenvalue weighted by Crippen LogP contribution is -2.51. The maximum atomic E-state index is 12.1. The van der Waals surface area contributed by atoms with E-state index < -0.39 is 6.10 Å². The Balaban J connectivity index is 2.53. The Kier molecular flexibility index (Phi) is 5.37. The number of hydrogen-bond donors (Lipinski definition) is 1. The normalized spacial score (nSPS) is 19.8. The first-order valence-electron chi connectivity index (χ1n) is 5.87. The van der Waals surface area contributed by atoms with Crippen LogP contribution >= 0.6 is 0 Å². The molecule has 2 amide bonds. The van der Waals surface area contributed by atoms with E-state index in [1.807, 2.05) is 6.92 Å². The molecule has 0 bridgehead atoms. The lowest BCUT2D eigenvalue weighted by Gasteiger charge is -2.29. The molecule has 1 heterocycles. The number of carbonyl (C=O) groups excluding carboxylic acids is 2. The third kappa shape index (κ3) is 3.98. The average molecular weight is 243 g/mol. The van der Waals surface area contributed by atoms with Crippen LogP contribution in [-0.2, 0) is 14.3 Å². The fourth-order valence-corrected chi connectivity index (χ4v) is 1.58. The van der Waals surface area contributed by atoms with Crippen LogP contribution in [0.3, 0.4) is 0 Å². The number of carbonyl (C=O) groups is 2. The van der Waals surface area contributed by atoms with Crippen molar-refractivity contribution in [1.82, 2.24) is 15.1 Å². The number of ether oxygens (including phenoxy) is 1. The van der Waals surface area contributed by atoms with Gasteiger partial charge >= 0.3 is 0 Å². The minimum absolute atomic E-state index is 0.0797. The molecule has 1 saturated heterocycles. The third-order valence-electron chi connectivity index (χ3n) is 2.72. The second-order valence-electron chi connectivity index (χ2n) is 4.20. The molecule has 98 valence electrons. The number of amides is 2. The summed E-state index contributed by atoms with van der Waals surface area (Å²) in [5.74, 6) is -0.195. The van der Waals surface area contributed by atoms with Gasteiger partial charge in [-0.15, -0.1) is 0 Å². The van der Waals surface area contributed by atoms with Crippen LogP contribution in [0.4, 0.5) is 0 Å². The zero-order chi connectivity index (χ0) is 12.8. The van der Waals surface area contributed by atoms with Crippen molar-refractivity contribution >= 4 is 11.8 Å². The molecule has 1 rings (SSSR count). The molecule has 1 N–H and O–H groups in total. The maximum Gasteiger partial charge on any atom is 0.253 e. The molecular weight excluding hydrogens is 222 g/mol. The summed E-state index contributed by atoms with van der Waals surface area (Å²) in [4.78, 5) is 26.7. The summed E-state index contributed by atoms with van der Waals surface area (Å²) in [5.41, 5.74) is 0. The fourth-order valence-electron chi connectivity index (χ4n) is 1.58. The summed E-state index contributed by atoms with van der Waals surface area (Å²) in [5, 5.41) is 3.10. The van der Waals surface area contributed by atoms with E-state index in [2.05, 4.69) is 5.32 Å². The van der Waals surface area contributed by atoms with Crippen molar-refractivity contribution in [2.45, 2.75) is 13.0 Å². The maximum absolute atomic E-state index is 12.1. The summed E-state index contributed by atoms with van der Waals surface area (Å²) in [6, 6.07) is 0. The predicted molar refractivity (Wildman–Crippen MR) is 63.6 cm³/mol. The van der Waals surface area contributed by atoms with Gasteiger partial charge in [-0.3, -0.25) is 9.59 Å².